The van der Waals surface area contributed by atoms with Crippen molar-refractivity contribution in [1.82, 2.24) is 9.36 Å². The number of rotatable bonds is 6. The molecule has 0 atom stereocenters. The third kappa shape index (κ3) is 4.91. The van der Waals surface area contributed by atoms with Crippen molar-refractivity contribution in [1.29, 1.82) is 0 Å². The van der Waals surface area contributed by atoms with E-state index in [0.717, 1.165) is 11.8 Å². The summed E-state index contributed by atoms with van der Waals surface area (Å²) in [6.45, 7) is 1.78. The van der Waals surface area contributed by atoms with E-state index in [1.54, 1.807) is 67.2 Å². The largest absolute Gasteiger partial charge is 0.493 e. The Morgan fingerprint density at radius 3 is 2.28 bits per heavy atom. The first-order valence-corrected chi connectivity index (χ1v) is 13.1. The lowest BCUT2D eigenvalue weighted by atomic mass is 10.1. The second-order valence-corrected chi connectivity index (χ2v) is 10.3. The number of thiocarbonyl (C=S) groups is 1. The van der Waals surface area contributed by atoms with Crippen molar-refractivity contribution in [2.75, 3.05) is 12.0 Å². The Morgan fingerprint density at radius 2 is 1.62 bits per heavy atom. The number of methoxy groups -OCH3 is 1. The average molecular weight is 558 g/mol. The molecule has 0 radical (unpaired) electrons. The zero-order chi connectivity index (χ0) is 27.7. The van der Waals surface area contributed by atoms with Gasteiger partial charge in [-0.3, -0.25) is 19.2 Å². The Balaban J connectivity index is 1.44. The van der Waals surface area contributed by atoms with Crippen LogP contribution in [-0.2, 0) is 11.8 Å². The number of carbonyl (C=O) groups is 2. The van der Waals surface area contributed by atoms with Crippen molar-refractivity contribution in [2.45, 2.75) is 6.92 Å². The SMILES string of the molecule is COc1cc(C=C2SC(=S)N(c3c(C)n(C)n(-c4ccccc4)c3=O)C2=O)ccc1OC(=O)c1ccccc1. The molecule has 0 bridgehead atoms. The molecular weight excluding hydrogens is 534 g/mol. The van der Waals surface area contributed by atoms with Gasteiger partial charge in [0.05, 0.1) is 29.0 Å². The van der Waals surface area contributed by atoms with E-state index in [1.165, 1.54) is 16.7 Å². The summed E-state index contributed by atoms with van der Waals surface area (Å²) in [5.74, 6) is -0.331. The first-order chi connectivity index (χ1) is 18.8. The van der Waals surface area contributed by atoms with E-state index in [0.29, 0.717) is 33.2 Å². The molecule has 39 heavy (non-hydrogen) atoms. The lowest BCUT2D eigenvalue weighted by Gasteiger charge is -2.12. The van der Waals surface area contributed by atoms with Gasteiger partial charge in [0.25, 0.3) is 11.5 Å². The van der Waals surface area contributed by atoms with Crippen molar-refractivity contribution in [3.63, 3.8) is 0 Å². The molecule has 196 valence electrons. The molecule has 3 aromatic carbocycles. The second kappa shape index (κ2) is 10.8. The van der Waals surface area contributed by atoms with Crippen molar-refractivity contribution in [2.24, 2.45) is 7.05 Å². The van der Waals surface area contributed by atoms with Crippen LogP contribution >= 0.6 is 24.0 Å². The summed E-state index contributed by atoms with van der Waals surface area (Å²) < 4.78 is 14.4. The molecule has 4 aromatic rings. The number of nitrogens with zero attached hydrogens (tertiary/aromatic N) is 3. The van der Waals surface area contributed by atoms with Crippen molar-refractivity contribution < 1.29 is 19.1 Å². The van der Waals surface area contributed by atoms with Crippen LogP contribution in [0.5, 0.6) is 11.5 Å². The van der Waals surface area contributed by atoms with Gasteiger partial charge in [-0.1, -0.05) is 66.4 Å². The molecule has 0 spiro atoms. The van der Waals surface area contributed by atoms with Gasteiger partial charge < -0.3 is 9.47 Å². The number of ether oxygens (including phenoxy) is 2. The van der Waals surface area contributed by atoms with Crippen molar-refractivity contribution >= 4 is 51.9 Å². The first-order valence-electron chi connectivity index (χ1n) is 11.9. The van der Waals surface area contributed by atoms with Crippen LogP contribution in [-0.4, -0.2) is 32.7 Å². The normalized spacial score (nSPS) is 14.2. The van der Waals surface area contributed by atoms with Gasteiger partial charge in [0.15, 0.2) is 15.8 Å². The van der Waals surface area contributed by atoms with Gasteiger partial charge in [-0.25, -0.2) is 9.48 Å². The zero-order valence-electron chi connectivity index (χ0n) is 21.3. The highest BCUT2D eigenvalue weighted by Gasteiger charge is 2.37. The van der Waals surface area contributed by atoms with Crippen LogP contribution in [0.3, 0.4) is 0 Å². The van der Waals surface area contributed by atoms with E-state index in [-0.39, 0.29) is 21.3 Å². The molecule has 10 heteroatoms. The number of anilines is 1. The Hall–Kier alpha value is -4.41. The Bertz CT molecular complexity index is 1690. The molecule has 0 N–H and O–H groups in total. The van der Waals surface area contributed by atoms with Gasteiger partial charge in [0, 0.05) is 7.05 Å². The third-order valence-corrected chi connectivity index (χ3v) is 7.54. The van der Waals surface area contributed by atoms with Crippen molar-refractivity contribution in [3.05, 3.63) is 111 Å². The predicted octanol–water partition coefficient (Wildman–Crippen LogP) is 5.12. The molecule has 1 amide bonds. The summed E-state index contributed by atoms with van der Waals surface area (Å²) in [7, 11) is 3.23. The summed E-state index contributed by atoms with van der Waals surface area (Å²) >= 11 is 6.64. The molecule has 1 aliphatic heterocycles. The molecule has 5 rings (SSSR count). The average Bonchev–Trinajstić information content (AvgIpc) is 3.34. The van der Waals surface area contributed by atoms with Gasteiger partial charge in [-0.15, -0.1) is 0 Å². The van der Waals surface area contributed by atoms with Gasteiger partial charge in [-0.2, -0.15) is 0 Å². The standard InChI is InChI=1S/C29H23N3O5S2/c1-18-25(27(34)32(30(18)2)21-12-8-5-9-13-21)31-26(33)24(39-29(31)38)17-19-14-15-22(23(16-19)36-3)37-28(35)20-10-6-4-7-11-20/h4-17H,1-3H3. The molecule has 2 heterocycles. The fourth-order valence-electron chi connectivity index (χ4n) is 4.21. The van der Waals surface area contributed by atoms with Crippen LogP contribution in [0.15, 0.2) is 88.6 Å². The highest BCUT2D eigenvalue weighted by molar-refractivity contribution is 8.27. The second-order valence-electron chi connectivity index (χ2n) is 8.59. The monoisotopic (exact) mass is 557 g/mol. The Kier molecular flexibility index (Phi) is 7.23. The quantitative estimate of drug-likeness (QED) is 0.141. The molecule has 1 aromatic heterocycles. The number of hydrogen-bond acceptors (Lipinski definition) is 7. The maximum absolute atomic E-state index is 13.5. The fourth-order valence-corrected chi connectivity index (χ4v) is 5.49. The number of esters is 1. The number of benzene rings is 3. The number of carbonyl (C=O) groups excluding carboxylic acids is 2. The highest BCUT2D eigenvalue weighted by Crippen LogP contribution is 2.37. The van der Waals surface area contributed by atoms with Gasteiger partial charge in [0.2, 0.25) is 0 Å². The number of para-hydroxylation sites is 1. The zero-order valence-corrected chi connectivity index (χ0v) is 22.9. The summed E-state index contributed by atoms with van der Waals surface area (Å²) in [5, 5.41) is 0. The summed E-state index contributed by atoms with van der Waals surface area (Å²) in [4.78, 5) is 41.1. The molecule has 8 nitrogen and oxygen atoms in total. The lowest BCUT2D eigenvalue weighted by Crippen LogP contribution is -2.33. The van der Waals surface area contributed by atoms with E-state index in [4.69, 9.17) is 21.7 Å². The van der Waals surface area contributed by atoms with E-state index >= 15 is 0 Å². The molecular formula is C29H23N3O5S2. The smallest absolute Gasteiger partial charge is 0.343 e. The van der Waals surface area contributed by atoms with E-state index in [2.05, 4.69) is 0 Å². The summed E-state index contributed by atoms with van der Waals surface area (Å²) in [6, 6.07) is 22.8. The Labute approximate surface area is 234 Å². The number of aromatic nitrogens is 2. The van der Waals surface area contributed by atoms with Gasteiger partial charge in [-0.05, 0) is 55.0 Å². The van der Waals surface area contributed by atoms with Crippen molar-refractivity contribution in [3.8, 4) is 17.2 Å². The lowest BCUT2D eigenvalue weighted by molar-refractivity contribution is -0.113. The van der Waals surface area contributed by atoms with Crippen LogP contribution in [0.25, 0.3) is 11.8 Å². The van der Waals surface area contributed by atoms with Crippen LogP contribution in [0.4, 0.5) is 5.69 Å². The number of amides is 1. The van der Waals surface area contributed by atoms with Crippen LogP contribution < -0.4 is 19.9 Å². The molecule has 1 saturated heterocycles. The molecule has 0 saturated carbocycles. The van der Waals surface area contributed by atoms with Crippen LogP contribution in [0.2, 0.25) is 0 Å². The first kappa shape index (κ1) is 26.2. The van der Waals surface area contributed by atoms with Gasteiger partial charge >= 0.3 is 5.97 Å². The van der Waals surface area contributed by atoms with Gasteiger partial charge in [0.1, 0.15) is 5.69 Å². The molecule has 0 aliphatic carbocycles. The molecule has 0 unspecified atom stereocenters. The van der Waals surface area contributed by atoms with E-state index < -0.39 is 11.9 Å². The topological polar surface area (TPSA) is 82.8 Å². The number of hydrogen-bond donors (Lipinski definition) is 0. The highest BCUT2D eigenvalue weighted by atomic mass is 32.2. The minimum atomic E-state index is -0.512. The Morgan fingerprint density at radius 1 is 0.949 bits per heavy atom. The maximum Gasteiger partial charge on any atom is 0.343 e. The third-order valence-electron chi connectivity index (χ3n) is 6.24. The summed E-state index contributed by atoms with van der Waals surface area (Å²) in [5.41, 5.74) is 2.21. The van der Waals surface area contributed by atoms with E-state index in [9.17, 15) is 14.4 Å². The minimum absolute atomic E-state index is 0.216. The fraction of sp³-hybridized carbons (Fsp3) is 0.103. The predicted molar refractivity (Wildman–Crippen MR) is 156 cm³/mol. The molecule has 1 fully saturated rings. The number of thioether (sulfide) groups is 1. The van der Waals surface area contributed by atoms with Crippen LogP contribution in [0.1, 0.15) is 21.6 Å². The van der Waals surface area contributed by atoms with E-state index in [1.807, 2.05) is 36.4 Å². The van der Waals surface area contributed by atoms with Crippen LogP contribution in [0, 0.1) is 6.92 Å². The molecule has 1 aliphatic rings. The summed E-state index contributed by atoms with van der Waals surface area (Å²) in [6.07, 6.45) is 1.67. The minimum Gasteiger partial charge on any atom is -0.493 e. The maximum atomic E-state index is 13.5.